The third-order valence-corrected chi connectivity index (χ3v) is 2.97. The second kappa shape index (κ2) is 7.35. The highest BCUT2D eigenvalue weighted by Crippen LogP contribution is 2.29. The lowest BCUT2D eigenvalue weighted by Gasteiger charge is -2.11. The molecular weight excluding hydrogens is 286 g/mol. The summed E-state index contributed by atoms with van der Waals surface area (Å²) >= 11 is 0. The summed E-state index contributed by atoms with van der Waals surface area (Å²) in [6.45, 7) is 2.26. The van der Waals surface area contributed by atoms with Crippen LogP contribution in [0.1, 0.15) is 12.2 Å². The van der Waals surface area contributed by atoms with E-state index in [9.17, 15) is 4.79 Å². The fourth-order valence-corrected chi connectivity index (χ4v) is 1.87. The van der Waals surface area contributed by atoms with Crippen molar-refractivity contribution in [3.63, 3.8) is 0 Å². The maximum Gasteiger partial charge on any atom is 0.226 e. The van der Waals surface area contributed by atoms with Crippen molar-refractivity contribution in [1.29, 1.82) is 0 Å². The highest BCUT2D eigenvalue weighted by Gasteiger charge is 2.09. The van der Waals surface area contributed by atoms with Gasteiger partial charge in [0.05, 0.1) is 19.9 Å². The molecule has 0 fully saturated rings. The minimum atomic E-state index is -0.129. The van der Waals surface area contributed by atoms with E-state index in [1.807, 2.05) is 0 Å². The first kappa shape index (κ1) is 15.7. The van der Waals surface area contributed by atoms with E-state index >= 15 is 0 Å². The maximum atomic E-state index is 11.9. The van der Waals surface area contributed by atoms with Gasteiger partial charge in [0.25, 0.3) is 0 Å². The number of anilines is 2. The highest BCUT2D eigenvalue weighted by atomic mass is 16.5. The third kappa shape index (κ3) is 4.15. The Morgan fingerprint density at radius 3 is 2.73 bits per heavy atom. The molecule has 0 unspecified atom stereocenters. The molecule has 2 N–H and O–H groups in total. The molecule has 0 atom stereocenters. The molecule has 118 valence electrons. The Hall–Kier alpha value is -2.70. The quantitative estimate of drug-likeness (QED) is 0.817. The number of amides is 1. The van der Waals surface area contributed by atoms with E-state index in [4.69, 9.17) is 14.0 Å². The Balaban J connectivity index is 1.86. The first-order chi connectivity index (χ1) is 10.6. The van der Waals surface area contributed by atoms with Gasteiger partial charge in [-0.15, -0.1) is 0 Å². The van der Waals surface area contributed by atoms with Gasteiger partial charge in [-0.2, -0.15) is 0 Å². The van der Waals surface area contributed by atoms with Crippen LogP contribution in [0.5, 0.6) is 11.5 Å². The van der Waals surface area contributed by atoms with Gasteiger partial charge in [-0.05, 0) is 19.1 Å². The smallest absolute Gasteiger partial charge is 0.226 e. The number of hydrogen-bond acceptors (Lipinski definition) is 6. The van der Waals surface area contributed by atoms with Crippen LogP contribution in [0.4, 0.5) is 11.5 Å². The van der Waals surface area contributed by atoms with Crippen molar-refractivity contribution in [2.24, 2.45) is 0 Å². The highest BCUT2D eigenvalue weighted by molar-refractivity contribution is 5.92. The van der Waals surface area contributed by atoms with Crippen LogP contribution in [0.2, 0.25) is 0 Å². The van der Waals surface area contributed by atoms with Crippen LogP contribution in [0.25, 0.3) is 0 Å². The first-order valence-electron chi connectivity index (χ1n) is 6.81. The second-order valence-corrected chi connectivity index (χ2v) is 4.61. The Bertz CT molecular complexity index is 639. The number of aromatic nitrogens is 1. The Kier molecular flexibility index (Phi) is 5.24. The topological polar surface area (TPSA) is 85.6 Å². The number of nitrogens with zero attached hydrogens (tertiary/aromatic N) is 1. The Morgan fingerprint density at radius 1 is 1.27 bits per heavy atom. The first-order valence-corrected chi connectivity index (χ1v) is 6.81. The van der Waals surface area contributed by atoms with E-state index in [-0.39, 0.29) is 5.91 Å². The largest absolute Gasteiger partial charge is 0.497 e. The number of aryl methyl sites for hydroxylation is 1. The van der Waals surface area contributed by atoms with Crippen LogP contribution < -0.4 is 20.1 Å². The predicted molar refractivity (Wildman–Crippen MR) is 82.5 cm³/mol. The van der Waals surface area contributed by atoms with Crippen LogP contribution >= 0.6 is 0 Å². The minimum Gasteiger partial charge on any atom is -0.497 e. The number of benzene rings is 1. The molecule has 1 heterocycles. The molecule has 0 spiro atoms. The van der Waals surface area contributed by atoms with Crippen molar-refractivity contribution >= 4 is 17.4 Å². The number of methoxy groups -OCH3 is 2. The summed E-state index contributed by atoms with van der Waals surface area (Å²) in [7, 11) is 3.11. The normalized spacial score (nSPS) is 10.1. The summed E-state index contributed by atoms with van der Waals surface area (Å²) in [6.07, 6.45) is 0.293. The SMILES string of the molecule is COc1ccc(NC(=O)CCNc2cc(C)on2)c(OC)c1. The molecule has 1 aromatic carbocycles. The van der Waals surface area contributed by atoms with Gasteiger partial charge in [-0.3, -0.25) is 4.79 Å². The summed E-state index contributed by atoms with van der Waals surface area (Å²) in [5, 5.41) is 9.60. The summed E-state index contributed by atoms with van der Waals surface area (Å²) in [5.74, 6) is 2.42. The summed E-state index contributed by atoms with van der Waals surface area (Å²) < 4.78 is 15.3. The van der Waals surface area contributed by atoms with E-state index < -0.39 is 0 Å². The monoisotopic (exact) mass is 305 g/mol. The molecule has 1 amide bonds. The van der Waals surface area contributed by atoms with Crippen molar-refractivity contribution in [1.82, 2.24) is 5.16 Å². The van der Waals surface area contributed by atoms with E-state index in [1.165, 1.54) is 0 Å². The van der Waals surface area contributed by atoms with E-state index in [2.05, 4.69) is 15.8 Å². The number of hydrogen-bond donors (Lipinski definition) is 2. The molecule has 0 aliphatic rings. The van der Waals surface area contributed by atoms with Gasteiger partial charge in [0.1, 0.15) is 17.3 Å². The maximum absolute atomic E-state index is 11.9. The molecule has 0 aliphatic carbocycles. The van der Waals surface area contributed by atoms with Crippen LogP contribution in [0, 0.1) is 6.92 Å². The van der Waals surface area contributed by atoms with Crippen LogP contribution in [-0.4, -0.2) is 31.8 Å². The Morgan fingerprint density at radius 2 is 2.09 bits per heavy atom. The third-order valence-electron chi connectivity index (χ3n) is 2.97. The van der Waals surface area contributed by atoms with E-state index in [0.717, 1.165) is 5.76 Å². The van der Waals surface area contributed by atoms with Crippen molar-refractivity contribution in [2.45, 2.75) is 13.3 Å². The molecule has 0 bridgehead atoms. The van der Waals surface area contributed by atoms with Gasteiger partial charge in [-0.25, -0.2) is 0 Å². The zero-order valence-electron chi connectivity index (χ0n) is 12.8. The summed E-state index contributed by atoms with van der Waals surface area (Å²) in [5.41, 5.74) is 0.602. The number of rotatable bonds is 7. The minimum absolute atomic E-state index is 0.129. The average molecular weight is 305 g/mol. The fourth-order valence-electron chi connectivity index (χ4n) is 1.87. The number of carbonyl (C=O) groups is 1. The van der Waals surface area contributed by atoms with Crippen molar-refractivity contribution in [3.05, 3.63) is 30.0 Å². The van der Waals surface area contributed by atoms with Crippen molar-refractivity contribution in [2.75, 3.05) is 31.4 Å². The number of carbonyl (C=O) groups excluding carboxylic acids is 1. The van der Waals surface area contributed by atoms with Gasteiger partial charge < -0.3 is 24.6 Å². The summed E-state index contributed by atoms with van der Waals surface area (Å²) in [6, 6.07) is 6.98. The molecule has 22 heavy (non-hydrogen) atoms. The van der Waals surface area contributed by atoms with Crippen molar-refractivity contribution < 1.29 is 18.8 Å². The number of nitrogens with one attached hydrogen (secondary N) is 2. The lowest BCUT2D eigenvalue weighted by atomic mass is 10.2. The van der Waals surface area contributed by atoms with Gasteiger partial charge in [0, 0.05) is 25.1 Å². The molecule has 0 aliphatic heterocycles. The van der Waals surface area contributed by atoms with Gasteiger partial charge in [-0.1, -0.05) is 5.16 Å². The lowest BCUT2D eigenvalue weighted by Crippen LogP contribution is -2.16. The molecule has 7 heteroatoms. The Labute approximate surface area is 128 Å². The van der Waals surface area contributed by atoms with E-state index in [1.54, 1.807) is 45.4 Å². The molecular formula is C15H19N3O4. The second-order valence-electron chi connectivity index (χ2n) is 4.61. The van der Waals surface area contributed by atoms with Crippen molar-refractivity contribution in [3.8, 4) is 11.5 Å². The molecule has 2 aromatic rings. The molecule has 0 radical (unpaired) electrons. The van der Waals surface area contributed by atoms with Gasteiger partial charge in [0.2, 0.25) is 5.91 Å². The molecule has 7 nitrogen and oxygen atoms in total. The van der Waals surface area contributed by atoms with Gasteiger partial charge >= 0.3 is 0 Å². The average Bonchev–Trinajstić information content (AvgIpc) is 2.93. The lowest BCUT2D eigenvalue weighted by molar-refractivity contribution is -0.116. The van der Waals surface area contributed by atoms with Crippen LogP contribution in [-0.2, 0) is 4.79 Å². The fraction of sp³-hybridized carbons (Fsp3) is 0.333. The van der Waals surface area contributed by atoms with Gasteiger partial charge in [0.15, 0.2) is 5.82 Å². The molecule has 0 saturated heterocycles. The molecule has 2 rings (SSSR count). The molecule has 1 aromatic heterocycles. The molecule has 0 saturated carbocycles. The summed E-state index contributed by atoms with van der Waals surface area (Å²) in [4.78, 5) is 11.9. The number of ether oxygens (including phenoxy) is 2. The zero-order chi connectivity index (χ0) is 15.9. The zero-order valence-corrected chi connectivity index (χ0v) is 12.8. The van der Waals surface area contributed by atoms with Crippen LogP contribution in [0.3, 0.4) is 0 Å². The van der Waals surface area contributed by atoms with E-state index in [0.29, 0.717) is 36.0 Å². The van der Waals surface area contributed by atoms with Crippen LogP contribution in [0.15, 0.2) is 28.8 Å². The predicted octanol–water partition coefficient (Wildman–Crippen LogP) is 2.44. The standard InChI is InChI=1S/C15H19N3O4/c1-10-8-14(18-22-10)16-7-6-15(19)17-12-5-4-11(20-2)9-13(12)21-3/h4-5,8-9H,6-7H2,1-3H3,(H,16,18)(H,17,19).